The number of thiophene rings is 1. The quantitative estimate of drug-likeness (QED) is 0.937. The summed E-state index contributed by atoms with van der Waals surface area (Å²) in [4.78, 5) is 1.26. The van der Waals surface area contributed by atoms with Crippen LogP contribution < -0.4 is 5.73 Å². The van der Waals surface area contributed by atoms with E-state index in [1.54, 1.807) is 11.3 Å². The van der Waals surface area contributed by atoms with Crippen molar-refractivity contribution >= 4 is 22.9 Å². The lowest BCUT2D eigenvalue weighted by Gasteiger charge is -2.22. The number of aryl methyl sites for hydroxylation is 2. The Bertz CT molecular complexity index is 557. The molecule has 0 fully saturated rings. The largest absolute Gasteiger partial charge is 0.326 e. The van der Waals surface area contributed by atoms with Crippen molar-refractivity contribution in [3.63, 3.8) is 0 Å². The highest BCUT2D eigenvalue weighted by atomic mass is 35.5. The van der Waals surface area contributed by atoms with E-state index < -0.39 is 0 Å². The Kier molecular flexibility index (Phi) is 3.80. The molecule has 2 atom stereocenters. The second-order valence-electron chi connectivity index (χ2n) is 4.70. The van der Waals surface area contributed by atoms with Crippen LogP contribution in [-0.2, 0) is 0 Å². The summed E-state index contributed by atoms with van der Waals surface area (Å²) >= 11 is 7.95. The fraction of sp³-hybridized carbons (Fsp3) is 0.462. The first kappa shape index (κ1) is 13.6. The average Bonchev–Trinajstić information content (AvgIpc) is 2.81. The molecule has 0 aliphatic heterocycles. The summed E-state index contributed by atoms with van der Waals surface area (Å²) in [5.74, 6) is 0. The van der Waals surface area contributed by atoms with Crippen LogP contribution in [0.4, 0.5) is 0 Å². The Morgan fingerprint density at radius 3 is 2.44 bits per heavy atom. The number of rotatable bonds is 3. The van der Waals surface area contributed by atoms with Crippen molar-refractivity contribution in [2.75, 3.05) is 0 Å². The van der Waals surface area contributed by atoms with E-state index in [-0.39, 0.29) is 12.1 Å². The van der Waals surface area contributed by atoms with Gasteiger partial charge < -0.3 is 5.73 Å². The normalized spacial score (nSPS) is 14.8. The van der Waals surface area contributed by atoms with Crippen molar-refractivity contribution in [1.29, 1.82) is 0 Å². The predicted molar refractivity (Wildman–Crippen MR) is 77.6 cm³/mol. The summed E-state index contributed by atoms with van der Waals surface area (Å²) in [6.45, 7) is 8.02. The zero-order valence-electron chi connectivity index (χ0n) is 11.1. The number of aromatic nitrogens is 2. The van der Waals surface area contributed by atoms with E-state index in [0.29, 0.717) is 0 Å². The summed E-state index contributed by atoms with van der Waals surface area (Å²) in [5, 5.41) is 7.36. The lowest BCUT2D eigenvalue weighted by atomic mass is 10.1. The van der Waals surface area contributed by atoms with Gasteiger partial charge in [0.1, 0.15) is 6.04 Å². The number of nitrogens with two attached hydrogens (primary N) is 1. The molecule has 0 aliphatic rings. The van der Waals surface area contributed by atoms with Gasteiger partial charge in [0.2, 0.25) is 0 Å². The van der Waals surface area contributed by atoms with Crippen LogP contribution in [-0.4, -0.2) is 15.8 Å². The van der Waals surface area contributed by atoms with Crippen LogP contribution in [0.15, 0.2) is 11.4 Å². The molecule has 3 nitrogen and oxygen atoms in total. The van der Waals surface area contributed by atoms with E-state index >= 15 is 0 Å². The number of halogens is 1. The highest BCUT2D eigenvalue weighted by molar-refractivity contribution is 7.10. The molecule has 0 aliphatic carbocycles. The van der Waals surface area contributed by atoms with E-state index in [1.807, 2.05) is 25.5 Å². The van der Waals surface area contributed by atoms with Crippen molar-refractivity contribution in [1.82, 2.24) is 9.78 Å². The molecule has 0 spiro atoms. The summed E-state index contributed by atoms with van der Waals surface area (Å²) in [7, 11) is 0. The Morgan fingerprint density at radius 1 is 1.39 bits per heavy atom. The van der Waals surface area contributed by atoms with Gasteiger partial charge in [-0.3, -0.25) is 4.68 Å². The molecule has 2 aromatic rings. The molecule has 18 heavy (non-hydrogen) atoms. The first-order valence-electron chi connectivity index (χ1n) is 5.94. The first-order chi connectivity index (χ1) is 8.43. The Labute approximate surface area is 117 Å². The third kappa shape index (κ3) is 2.20. The van der Waals surface area contributed by atoms with Crippen molar-refractivity contribution < 1.29 is 0 Å². The van der Waals surface area contributed by atoms with E-state index in [4.69, 9.17) is 17.3 Å². The molecular formula is C13H18ClN3S. The van der Waals surface area contributed by atoms with Gasteiger partial charge in [0.05, 0.1) is 16.4 Å². The topological polar surface area (TPSA) is 43.8 Å². The summed E-state index contributed by atoms with van der Waals surface area (Å²) in [6, 6.07) is 2.15. The molecular weight excluding hydrogens is 266 g/mol. The fourth-order valence-electron chi connectivity index (χ4n) is 2.17. The minimum absolute atomic E-state index is 0.0172. The number of hydrogen-bond donors (Lipinski definition) is 1. The van der Waals surface area contributed by atoms with Gasteiger partial charge in [0.15, 0.2) is 0 Å². The number of nitrogens with zero attached hydrogens (tertiary/aromatic N) is 2. The molecule has 0 saturated carbocycles. The molecule has 2 rings (SSSR count). The van der Waals surface area contributed by atoms with Crippen LogP contribution in [0.2, 0.25) is 5.02 Å². The minimum atomic E-state index is -0.0172. The molecule has 5 heteroatoms. The van der Waals surface area contributed by atoms with Gasteiger partial charge in [-0.25, -0.2) is 0 Å². The van der Waals surface area contributed by atoms with Gasteiger partial charge in [0.25, 0.3) is 0 Å². The number of hydrogen-bond acceptors (Lipinski definition) is 3. The smallest absolute Gasteiger partial charge is 0.101 e. The van der Waals surface area contributed by atoms with Gasteiger partial charge in [0, 0.05) is 10.9 Å². The van der Waals surface area contributed by atoms with Crippen molar-refractivity contribution in [3.8, 4) is 0 Å². The van der Waals surface area contributed by atoms with Crippen LogP contribution in [0.25, 0.3) is 0 Å². The zero-order valence-corrected chi connectivity index (χ0v) is 12.6. The Balaban J connectivity index is 2.56. The van der Waals surface area contributed by atoms with Crippen molar-refractivity contribution in [2.45, 2.75) is 39.8 Å². The van der Waals surface area contributed by atoms with E-state index in [2.05, 4.69) is 23.5 Å². The molecule has 2 heterocycles. The molecule has 0 radical (unpaired) electrons. The standard InChI is InChI=1S/C13H18ClN3S/c1-7-5-6-18-13(7)12(8(2)15)17-10(4)11(14)9(3)16-17/h5-6,8,12H,15H2,1-4H3. The molecule has 2 unspecified atom stereocenters. The van der Waals surface area contributed by atoms with Gasteiger partial charge >= 0.3 is 0 Å². The van der Waals surface area contributed by atoms with Gasteiger partial charge in [-0.05, 0) is 44.7 Å². The molecule has 0 saturated heterocycles. The van der Waals surface area contributed by atoms with Crippen molar-refractivity contribution in [2.24, 2.45) is 5.73 Å². The highest BCUT2D eigenvalue weighted by Crippen LogP contribution is 2.32. The van der Waals surface area contributed by atoms with Crippen LogP contribution in [0.3, 0.4) is 0 Å². The molecule has 0 amide bonds. The minimum Gasteiger partial charge on any atom is -0.326 e. The maximum atomic E-state index is 6.23. The fourth-order valence-corrected chi connectivity index (χ4v) is 3.42. The summed E-state index contributed by atoms with van der Waals surface area (Å²) in [6.07, 6.45) is 0. The Hall–Kier alpha value is -0.840. The van der Waals surface area contributed by atoms with Crippen LogP contribution >= 0.6 is 22.9 Å². The second kappa shape index (κ2) is 5.03. The third-order valence-electron chi connectivity index (χ3n) is 3.17. The van der Waals surface area contributed by atoms with Crippen LogP contribution in [0.5, 0.6) is 0 Å². The van der Waals surface area contributed by atoms with Crippen molar-refractivity contribution in [3.05, 3.63) is 38.3 Å². The predicted octanol–water partition coefficient (Wildman–Crippen LogP) is 3.46. The van der Waals surface area contributed by atoms with Gasteiger partial charge in [-0.15, -0.1) is 11.3 Å². The molecule has 0 aromatic carbocycles. The first-order valence-corrected chi connectivity index (χ1v) is 7.20. The van der Waals surface area contributed by atoms with Gasteiger partial charge in [-0.2, -0.15) is 5.10 Å². The van der Waals surface area contributed by atoms with Gasteiger partial charge in [-0.1, -0.05) is 11.6 Å². The molecule has 0 bridgehead atoms. The maximum absolute atomic E-state index is 6.23. The third-order valence-corrected chi connectivity index (χ3v) is 4.81. The molecule has 2 N–H and O–H groups in total. The molecule has 2 aromatic heterocycles. The zero-order chi connectivity index (χ0) is 13.4. The summed E-state index contributed by atoms with van der Waals surface area (Å²) < 4.78 is 1.96. The maximum Gasteiger partial charge on any atom is 0.101 e. The molecule has 98 valence electrons. The average molecular weight is 284 g/mol. The lowest BCUT2D eigenvalue weighted by molar-refractivity contribution is 0.448. The highest BCUT2D eigenvalue weighted by Gasteiger charge is 2.25. The van der Waals surface area contributed by atoms with E-state index in [0.717, 1.165) is 16.4 Å². The lowest BCUT2D eigenvalue weighted by Crippen LogP contribution is -2.31. The monoisotopic (exact) mass is 283 g/mol. The van der Waals surface area contributed by atoms with E-state index in [1.165, 1.54) is 10.4 Å². The van der Waals surface area contributed by atoms with E-state index in [9.17, 15) is 0 Å². The van der Waals surface area contributed by atoms with Crippen LogP contribution in [0.1, 0.15) is 34.8 Å². The SMILES string of the molecule is Cc1ccsc1C(C(C)N)n1nc(C)c(Cl)c1C. The second-order valence-corrected chi connectivity index (χ2v) is 6.03. The van der Waals surface area contributed by atoms with Crippen LogP contribution in [0, 0.1) is 20.8 Å². The Morgan fingerprint density at radius 2 is 2.06 bits per heavy atom. The summed E-state index contributed by atoms with van der Waals surface area (Å²) in [5.41, 5.74) is 9.25.